The fraction of sp³-hybridized carbons (Fsp3) is 0.100. The smallest absolute Gasteiger partial charge is 0.137 e. The maximum atomic E-state index is 8.90. The van der Waals surface area contributed by atoms with Crippen molar-refractivity contribution >= 4 is 22.4 Å². The van der Waals surface area contributed by atoms with E-state index in [4.69, 9.17) is 16.7 Å². The molecule has 13 heavy (non-hydrogen) atoms. The summed E-state index contributed by atoms with van der Waals surface area (Å²) in [5, 5.41) is 11.3. The summed E-state index contributed by atoms with van der Waals surface area (Å²) < 4.78 is 0. The van der Waals surface area contributed by atoms with E-state index in [1.807, 2.05) is 30.3 Å². The lowest BCUT2D eigenvalue weighted by Gasteiger charge is -2.01. The van der Waals surface area contributed by atoms with Gasteiger partial charge in [0.2, 0.25) is 0 Å². The van der Waals surface area contributed by atoms with Gasteiger partial charge in [-0.1, -0.05) is 35.9 Å². The van der Waals surface area contributed by atoms with E-state index in [1.165, 1.54) is 0 Å². The normalized spacial score (nSPS) is 10.6. The lowest BCUT2D eigenvalue weighted by Crippen LogP contribution is -1.89. The number of hydrogen-bond donors (Lipinski definition) is 1. The number of aliphatic hydroxyl groups is 1. The van der Waals surface area contributed by atoms with Crippen LogP contribution in [0.4, 0.5) is 0 Å². The molecule has 0 aliphatic carbocycles. The molecule has 3 heteroatoms. The molecule has 1 aromatic heterocycles. The topological polar surface area (TPSA) is 33.1 Å². The zero-order valence-electron chi connectivity index (χ0n) is 6.87. The summed E-state index contributed by atoms with van der Waals surface area (Å²) in [6, 6.07) is 9.53. The number of nitrogens with zero attached hydrogens (tertiary/aromatic N) is 1. The zero-order chi connectivity index (χ0) is 9.26. The van der Waals surface area contributed by atoms with Gasteiger partial charge in [-0.25, -0.2) is 4.98 Å². The number of benzene rings is 1. The Morgan fingerprint density at radius 2 is 2.08 bits per heavy atom. The van der Waals surface area contributed by atoms with Crippen LogP contribution in [0.1, 0.15) is 5.69 Å². The largest absolute Gasteiger partial charge is 0.390 e. The third-order valence-electron chi connectivity index (χ3n) is 1.91. The quantitative estimate of drug-likeness (QED) is 0.706. The molecule has 0 saturated heterocycles. The Bertz CT molecular complexity index is 442. The van der Waals surface area contributed by atoms with Crippen LogP contribution < -0.4 is 0 Å². The zero-order valence-corrected chi connectivity index (χ0v) is 7.62. The molecule has 0 unspecified atom stereocenters. The van der Waals surface area contributed by atoms with E-state index in [9.17, 15) is 0 Å². The number of aromatic nitrogens is 1. The van der Waals surface area contributed by atoms with Gasteiger partial charge in [-0.15, -0.1) is 0 Å². The van der Waals surface area contributed by atoms with Crippen molar-refractivity contribution in [2.24, 2.45) is 0 Å². The van der Waals surface area contributed by atoms with Crippen molar-refractivity contribution in [2.45, 2.75) is 6.61 Å². The van der Waals surface area contributed by atoms with Crippen LogP contribution in [0, 0.1) is 0 Å². The van der Waals surface area contributed by atoms with E-state index >= 15 is 0 Å². The standard InChI is InChI=1S/C10H8ClNO/c11-10-9-4-2-1-3-7(9)5-8(6-13)12-10/h1-5,13H,6H2. The predicted octanol–water partition coefficient (Wildman–Crippen LogP) is 2.38. The molecule has 0 amide bonds. The third kappa shape index (κ3) is 1.50. The van der Waals surface area contributed by atoms with Crippen molar-refractivity contribution in [2.75, 3.05) is 0 Å². The summed E-state index contributed by atoms with van der Waals surface area (Å²) in [6.07, 6.45) is 0. The highest BCUT2D eigenvalue weighted by molar-refractivity contribution is 6.34. The lowest BCUT2D eigenvalue weighted by molar-refractivity contribution is 0.277. The van der Waals surface area contributed by atoms with Gasteiger partial charge < -0.3 is 5.11 Å². The highest BCUT2D eigenvalue weighted by atomic mass is 35.5. The van der Waals surface area contributed by atoms with Gasteiger partial charge in [-0.2, -0.15) is 0 Å². The highest BCUT2D eigenvalue weighted by Gasteiger charge is 2.01. The first kappa shape index (κ1) is 8.48. The van der Waals surface area contributed by atoms with Crippen molar-refractivity contribution < 1.29 is 5.11 Å². The van der Waals surface area contributed by atoms with E-state index in [0.29, 0.717) is 10.8 Å². The summed E-state index contributed by atoms with van der Waals surface area (Å²) in [6.45, 7) is -0.0788. The number of fused-ring (bicyclic) bond motifs is 1. The second kappa shape index (κ2) is 3.32. The summed E-state index contributed by atoms with van der Waals surface area (Å²) >= 11 is 5.92. The molecule has 66 valence electrons. The van der Waals surface area contributed by atoms with Crippen molar-refractivity contribution in [3.63, 3.8) is 0 Å². The third-order valence-corrected chi connectivity index (χ3v) is 2.20. The second-order valence-electron chi connectivity index (χ2n) is 2.78. The molecule has 0 aliphatic heterocycles. The monoisotopic (exact) mass is 193 g/mol. The van der Waals surface area contributed by atoms with Crippen molar-refractivity contribution in [3.05, 3.63) is 41.2 Å². The maximum absolute atomic E-state index is 8.90. The average molecular weight is 194 g/mol. The summed E-state index contributed by atoms with van der Waals surface area (Å²) in [5.74, 6) is 0. The van der Waals surface area contributed by atoms with Crippen LogP contribution >= 0.6 is 11.6 Å². The average Bonchev–Trinajstić information content (AvgIpc) is 2.18. The minimum absolute atomic E-state index is 0.0788. The molecule has 1 N–H and O–H groups in total. The van der Waals surface area contributed by atoms with Gasteiger partial charge in [0.25, 0.3) is 0 Å². The molecule has 0 aliphatic rings. The van der Waals surface area contributed by atoms with Gasteiger partial charge in [-0.3, -0.25) is 0 Å². The van der Waals surface area contributed by atoms with Crippen molar-refractivity contribution in [1.29, 1.82) is 0 Å². The Morgan fingerprint density at radius 1 is 1.31 bits per heavy atom. The maximum Gasteiger partial charge on any atom is 0.137 e. The van der Waals surface area contributed by atoms with E-state index in [1.54, 1.807) is 0 Å². The van der Waals surface area contributed by atoms with Crippen molar-refractivity contribution in [3.8, 4) is 0 Å². The Kier molecular flexibility index (Phi) is 2.17. The van der Waals surface area contributed by atoms with Crippen LogP contribution in [0.15, 0.2) is 30.3 Å². The number of aliphatic hydroxyl groups excluding tert-OH is 1. The number of rotatable bonds is 1. The van der Waals surface area contributed by atoms with E-state index in [-0.39, 0.29) is 6.61 Å². The van der Waals surface area contributed by atoms with Crippen LogP contribution in [-0.4, -0.2) is 10.1 Å². The molecule has 0 bridgehead atoms. The number of hydrogen-bond acceptors (Lipinski definition) is 2. The molecular formula is C10H8ClNO. The molecule has 0 atom stereocenters. The minimum Gasteiger partial charge on any atom is -0.390 e. The van der Waals surface area contributed by atoms with Crippen LogP contribution in [-0.2, 0) is 6.61 Å². The molecule has 0 radical (unpaired) electrons. The molecule has 0 saturated carbocycles. The fourth-order valence-electron chi connectivity index (χ4n) is 1.29. The fourth-order valence-corrected chi connectivity index (χ4v) is 1.57. The molecule has 2 rings (SSSR count). The first-order valence-corrected chi connectivity index (χ1v) is 4.34. The Hall–Kier alpha value is -1.12. The highest BCUT2D eigenvalue weighted by Crippen LogP contribution is 2.21. The van der Waals surface area contributed by atoms with E-state index < -0.39 is 0 Å². The summed E-state index contributed by atoms with van der Waals surface area (Å²) in [5.41, 5.74) is 0.601. The van der Waals surface area contributed by atoms with Gasteiger partial charge >= 0.3 is 0 Å². The Morgan fingerprint density at radius 3 is 2.85 bits per heavy atom. The molecular weight excluding hydrogens is 186 g/mol. The second-order valence-corrected chi connectivity index (χ2v) is 3.14. The Labute approximate surface area is 80.8 Å². The summed E-state index contributed by atoms with van der Waals surface area (Å²) in [4.78, 5) is 4.04. The predicted molar refractivity (Wildman–Crippen MR) is 52.7 cm³/mol. The van der Waals surface area contributed by atoms with Crippen molar-refractivity contribution in [1.82, 2.24) is 4.98 Å². The number of halogens is 1. The van der Waals surface area contributed by atoms with Crippen LogP contribution in [0.5, 0.6) is 0 Å². The molecule has 0 spiro atoms. The first-order chi connectivity index (χ1) is 6.31. The van der Waals surface area contributed by atoms with E-state index in [2.05, 4.69) is 4.98 Å². The van der Waals surface area contributed by atoms with Gasteiger partial charge in [0.15, 0.2) is 0 Å². The molecule has 1 aromatic carbocycles. The van der Waals surface area contributed by atoms with Gasteiger partial charge in [-0.05, 0) is 11.5 Å². The summed E-state index contributed by atoms with van der Waals surface area (Å²) in [7, 11) is 0. The first-order valence-electron chi connectivity index (χ1n) is 3.96. The molecule has 0 fully saturated rings. The molecule has 1 heterocycles. The number of pyridine rings is 1. The Balaban J connectivity index is 2.77. The molecule has 2 nitrogen and oxygen atoms in total. The SMILES string of the molecule is OCc1cc2ccccc2c(Cl)n1. The van der Waals surface area contributed by atoms with Crippen LogP contribution in [0.25, 0.3) is 10.8 Å². The van der Waals surface area contributed by atoms with Gasteiger partial charge in [0, 0.05) is 5.39 Å². The lowest BCUT2D eigenvalue weighted by atomic mass is 10.1. The van der Waals surface area contributed by atoms with Gasteiger partial charge in [0.05, 0.1) is 12.3 Å². The molecule has 2 aromatic rings. The van der Waals surface area contributed by atoms with Crippen LogP contribution in [0.2, 0.25) is 5.15 Å². The minimum atomic E-state index is -0.0788. The van der Waals surface area contributed by atoms with E-state index in [0.717, 1.165) is 10.8 Å². The van der Waals surface area contributed by atoms with Gasteiger partial charge in [0.1, 0.15) is 5.15 Å². The van der Waals surface area contributed by atoms with Crippen LogP contribution in [0.3, 0.4) is 0 Å².